The van der Waals surface area contributed by atoms with E-state index >= 15 is 0 Å². The number of H-pyrrole nitrogens is 1. The third-order valence-electron chi connectivity index (χ3n) is 5.52. The maximum absolute atomic E-state index is 13.6. The molecule has 0 bridgehead atoms. The number of hydrogen-bond donors (Lipinski definition) is 2. The summed E-state index contributed by atoms with van der Waals surface area (Å²) in [4.78, 5) is 7.83. The minimum absolute atomic E-state index is 0.0711. The summed E-state index contributed by atoms with van der Waals surface area (Å²) < 4.78 is 13.6. The highest BCUT2D eigenvalue weighted by Crippen LogP contribution is 2.31. The van der Waals surface area contributed by atoms with Crippen LogP contribution >= 0.6 is 0 Å². The van der Waals surface area contributed by atoms with Gasteiger partial charge in [0.15, 0.2) is 11.5 Å². The molecule has 1 aromatic carbocycles. The number of anilines is 1. The molecule has 0 fully saturated rings. The number of halogens is 1. The summed E-state index contributed by atoms with van der Waals surface area (Å²) in [7, 11) is 0. The first kappa shape index (κ1) is 19.3. The quantitative estimate of drug-likeness (QED) is 0.272. The average Bonchev–Trinajstić information content (AvgIpc) is 2.75. The van der Waals surface area contributed by atoms with Crippen LogP contribution in [0.2, 0.25) is 0 Å². The summed E-state index contributed by atoms with van der Waals surface area (Å²) in [6.45, 7) is 0.882. The lowest BCUT2D eigenvalue weighted by atomic mass is 9.92. The average molecular weight is 393 g/mol. The van der Waals surface area contributed by atoms with Crippen molar-refractivity contribution in [2.75, 3.05) is 11.9 Å². The van der Waals surface area contributed by atoms with Crippen molar-refractivity contribution in [2.45, 2.75) is 44.9 Å². The second kappa shape index (κ2) is 8.99. The highest BCUT2D eigenvalue weighted by atomic mass is 19.1. The lowest BCUT2D eigenvalue weighted by Gasteiger charge is -2.18. The fourth-order valence-electron chi connectivity index (χ4n) is 4.09. The van der Waals surface area contributed by atoms with E-state index in [4.69, 9.17) is 5.21 Å². The molecule has 2 aromatic heterocycles. The molecular formula is C23H26FN4O+. The van der Waals surface area contributed by atoms with Crippen LogP contribution in [0.5, 0.6) is 0 Å². The van der Waals surface area contributed by atoms with Gasteiger partial charge in [-0.25, -0.2) is 14.4 Å². The normalized spacial score (nSPS) is 13.7. The maximum atomic E-state index is 13.6. The number of fused-ring (bicyclic) bond motifs is 2. The molecule has 6 heteroatoms. The lowest BCUT2D eigenvalue weighted by Crippen LogP contribution is -2.21. The van der Waals surface area contributed by atoms with Crippen molar-refractivity contribution in [3.8, 4) is 0 Å². The van der Waals surface area contributed by atoms with E-state index in [1.54, 1.807) is 6.07 Å². The van der Waals surface area contributed by atoms with E-state index in [-0.39, 0.29) is 5.69 Å². The Kier molecular flexibility index (Phi) is 5.98. The van der Waals surface area contributed by atoms with Gasteiger partial charge in [0.25, 0.3) is 0 Å². The molecule has 150 valence electrons. The monoisotopic (exact) mass is 393 g/mol. The Morgan fingerprint density at radius 1 is 1.14 bits per heavy atom. The number of aromatic nitrogens is 2. The van der Waals surface area contributed by atoms with Gasteiger partial charge in [-0.1, -0.05) is 17.3 Å². The van der Waals surface area contributed by atoms with Crippen molar-refractivity contribution in [1.29, 1.82) is 0 Å². The standard InChI is InChI=1S/C23H25FN4O/c24-19-13-12-16(27-22(19)15-26-29)7-5-6-14-25-23-17-8-1-3-10-20(17)28-21-11-4-2-9-18(21)23/h1,3,8,10,12-13,15,29H,2,4-7,9,11,14H2,(H,25,28)/p+1/b26-15+. The molecule has 0 amide bonds. The smallest absolute Gasteiger partial charge is 0.213 e. The zero-order valence-electron chi connectivity index (χ0n) is 16.4. The molecule has 0 saturated carbocycles. The van der Waals surface area contributed by atoms with E-state index in [9.17, 15) is 4.39 Å². The van der Waals surface area contributed by atoms with Gasteiger partial charge in [-0.05, 0) is 56.7 Å². The number of oxime groups is 1. The number of pyridine rings is 2. The summed E-state index contributed by atoms with van der Waals surface area (Å²) in [5.41, 5.74) is 6.13. The predicted molar refractivity (Wildman–Crippen MR) is 112 cm³/mol. The fraction of sp³-hybridized carbons (Fsp3) is 0.348. The number of aromatic amines is 1. The van der Waals surface area contributed by atoms with Crippen molar-refractivity contribution in [3.05, 3.63) is 64.9 Å². The van der Waals surface area contributed by atoms with Gasteiger partial charge in [0.05, 0.1) is 17.3 Å². The van der Waals surface area contributed by atoms with Gasteiger partial charge in [-0.3, -0.25) is 0 Å². The maximum Gasteiger partial charge on any atom is 0.213 e. The van der Waals surface area contributed by atoms with Gasteiger partial charge in [0.1, 0.15) is 5.69 Å². The van der Waals surface area contributed by atoms with Crippen LogP contribution in [0.4, 0.5) is 10.1 Å². The summed E-state index contributed by atoms with van der Waals surface area (Å²) in [5, 5.41) is 16.4. The van der Waals surface area contributed by atoms with Gasteiger partial charge in [-0.2, -0.15) is 0 Å². The lowest BCUT2D eigenvalue weighted by molar-refractivity contribution is -0.359. The van der Waals surface area contributed by atoms with Crippen LogP contribution in [0.1, 0.15) is 48.3 Å². The van der Waals surface area contributed by atoms with Gasteiger partial charge < -0.3 is 10.5 Å². The van der Waals surface area contributed by atoms with Gasteiger partial charge >= 0.3 is 0 Å². The van der Waals surface area contributed by atoms with Crippen LogP contribution in [0.25, 0.3) is 10.9 Å². The summed E-state index contributed by atoms with van der Waals surface area (Å²) >= 11 is 0. The summed E-state index contributed by atoms with van der Waals surface area (Å²) in [5.74, 6) is -0.481. The Morgan fingerprint density at radius 3 is 2.90 bits per heavy atom. The molecule has 1 aliphatic rings. The minimum Gasteiger partial charge on any atom is -0.411 e. The van der Waals surface area contributed by atoms with E-state index in [1.165, 1.54) is 46.8 Å². The predicted octanol–water partition coefficient (Wildman–Crippen LogP) is 4.31. The third-order valence-corrected chi connectivity index (χ3v) is 5.52. The van der Waals surface area contributed by atoms with Gasteiger partial charge in [-0.15, -0.1) is 0 Å². The summed E-state index contributed by atoms with van der Waals surface area (Å²) in [6, 6.07) is 11.5. The van der Waals surface area contributed by atoms with Crippen LogP contribution in [-0.4, -0.2) is 23.0 Å². The molecule has 0 spiro atoms. The van der Waals surface area contributed by atoms with Gasteiger partial charge in [0, 0.05) is 30.3 Å². The Hall–Kier alpha value is -3.02. The molecule has 3 aromatic rings. The molecule has 0 saturated heterocycles. The number of nitrogens with one attached hydrogen (secondary N) is 2. The van der Waals surface area contributed by atoms with Crippen LogP contribution in [0.3, 0.4) is 0 Å². The molecule has 5 nitrogen and oxygen atoms in total. The number of unbranched alkanes of at least 4 members (excludes halogenated alkanes) is 1. The first-order chi connectivity index (χ1) is 14.3. The van der Waals surface area contributed by atoms with Crippen LogP contribution in [0.15, 0.2) is 41.6 Å². The fourth-order valence-corrected chi connectivity index (χ4v) is 4.09. The van der Waals surface area contributed by atoms with Crippen molar-refractivity contribution in [3.63, 3.8) is 0 Å². The molecule has 3 N–H and O–H groups in total. The highest BCUT2D eigenvalue weighted by molar-refractivity contribution is 5.91. The van der Waals surface area contributed by atoms with Crippen LogP contribution < -0.4 is 10.3 Å². The molecule has 1 aliphatic carbocycles. The zero-order chi connectivity index (χ0) is 20.1. The second-order valence-electron chi connectivity index (χ2n) is 7.51. The molecule has 0 atom stereocenters. The van der Waals surface area contributed by atoms with E-state index in [0.717, 1.165) is 50.6 Å². The zero-order valence-corrected chi connectivity index (χ0v) is 16.4. The molecule has 29 heavy (non-hydrogen) atoms. The molecule has 0 aliphatic heterocycles. The van der Waals surface area contributed by atoms with Crippen molar-refractivity contribution >= 4 is 22.8 Å². The van der Waals surface area contributed by atoms with Crippen LogP contribution in [0, 0.1) is 5.82 Å². The SMILES string of the molecule is O/N=C/c1nc(CCCCNc2c3c([nH+]c4ccccc24)CCCC3)ccc1F. The molecule has 2 heterocycles. The molecule has 0 radical (unpaired) electrons. The van der Waals surface area contributed by atoms with E-state index < -0.39 is 5.82 Å². The number of rotatable bonds is 7. The van der Waals surface area contributed by atoms with Crippen molar-refractivity contribution in [2.24, 2.45) is 5.16 Å². The number of aryl methyl sites for hydroxylation is 2. The van der Waals surface area contributed by atoms with Gasteiger partial charge in [0.2, 0.25) is 5.52 Å². The first-order valence-corrected chi connectivity index (χ1v) is 10.3. The number of hydrogen-bond acceptors (Lipinski definition) is 4. The Balaban J connectivity index is 1.40. The van der Waals surface area contributed by atoms with E-state index in [1.807, 2.05) is 0 Å². The van der Waals surface area contributed by atoms with Crippen molar-refractivity contribution < 1.29 is 14.6 Å². The van der Waals surface area contributed by atoms with Crippen molar-refractivity contribution in [1.82, 2.24) is 4.98 Å². The Bertz CT molecular complexity index is 1030. The van der Waals surface area contributed by atoms with Crippen LogP contribution in [-0.2, 0) is 19.3 Å². The van der Waals surface area contributed by atoms with E-state index in [0.29, 0.717) is 0 Å². The largest absolute Gasteiger partial charge is 0.411 e. The highest BCUT2D eigenvalue weighted by Gasteiger charge is 2.22. The Morgan fingerprint density at radius 2 is 2.00 bits per heavy atom. The molecule has 4 rings (SSSR count). The molecular weight excluding hydrogens is 367 g/mol. The second-order valence-corrected chi connectivity index (χ2v) is 7.51. The first-order valence-electron chi connectivity index (χ1n) is 10.3. The topological polar surface area (TPSA) is 71.7 Å². The molecule has 0 unspecified atom stereocenters. The minimum atomic E-state index is -0.481. The number of para-hydroxylation sites is 1. The number of benzene rings is 1. The third kappa shape index (κ3) is 4.36. The van der Waals surface area contributed by atoms with E-state index in [2.05, 4.69) is 44.7 Å². The Labute approximate surface area is 169 Å². The summed E-state index contributed by atoms with van der Waals surface area (Å²) in [6.07, 6.45) is 8.44. The number of nitrogens with zero attached hydrogens (tertiary/aromatic N) is 2.